The van der Waals surface area contributed by atoms with Crippen molar-refractivity contribution in [3.63, 3.8) is 0 Å². The molecule has 0 unspecified atom stereocenters. The Kier molecular flexibility index (Phi) is 8.46. The zero-order chi connectivity index (χ0) is 24.7. The molecule has 3 aromatic rings. The van der Waals surface area contributed by atoms with Gasteiger partial charge in [0.1, 0.15) is 17.4 Å². The van der Waals surface area contributed by atoms with Crippen molar-refractivity contribution in [1.82, 2.24) is 0 Å². The second-order valence-electron chi connectivity index (χ2n) is 6.78. The van der Waals surface area contributed by atoms with Gasteiger partial charge in [0.05, 0.1) is 24.3 Å². The van der Waals surface area contributed by atoms with E-state index >= 15 is 0 Å². The van der Waals surface area contributed by atoms with Crippen LogP contribution in [0.2, 0.25) is 0 Å². The maximum atomic E-state index is 12.6. The standard InChI is InChI=1S/C25H18Br2N2O5/c1-32-20-9-3-16(4-10-20)25(31)34-23-21(27)12-15(13-22(23)33-2)11-17(14-28)24(30)29-19-7-5-18(26)6-8-19/h3-13H,1-2H3,(H,29,30)/b17-11+. The topological polar surface area (TPSA) is 97.7 Å². The van der Waals surface area contributed by atoms with Crippen molar-refractivity contribution in [1.29, 1.82) is 5.26 Å². The number of nitrogens with zero attached hydrogens (tertiary/aromatic N) is 1. The van der Waals surface area contributed by atoms with Gasteiger partial charge >= 0.3 is 5.97 Å². The molecular weight excluding hydrogens is 568 g/mol. The normalized spacial score (nSPS) is 10.7. The van der Waals surface area contributed by atoms with E-state index in [2.05, 4.69) is 37.2 Å². The number of carbonyl (C=O) groups excluding carboxylic acids is 2. The zero-order valence-corrected chi connectivity index (χ0v) is 21.3. The average Bonchev–Trinajstić information content (AvgIpc) is 2.85. The van der Waals surface area contributed by atoms with Crippen LogP contribution in [0.1, 0.15) is 15.9 Å². The lowest BCUT2D eigenvalue weighted by Crippen LogP contribution is -2.13. The molecule has 0 aromatic heterocycles. The van der Waals surface area contributed by atoms with Crippen LogP contribution in [0.4, 0.5) is 5.69 Å². The van der Waals surface area contributed by atoms with Gasteiger partial charge in [-0.05, 0) is 88.2 Å². The lowest BCUT2D eigenvalue weighted by molar-refractivity contribution is -0.112. The highest BCUT2D eigenvalue weighted by Gasteiger charge is 2.18. The van der Waals surface area contributed by atoms with E-state index in [4.69, 9.17) is 14.2 Å². The molecule has 0 spiro atoms. The lowest BCUT2D eigenvalue weighted by Gasteiger charge is -2.13. The predicted molar refractivity (Wildman–Crippen MR) is 135 cm³/mol. The Bertz CT molecular complexity index is 1280. The number of hydrogen-bond acceptors (Lipinski definition) is 6. The van der Waals surface area contributed by atoms with E-state index in [-0.39, 0.29) is 17.1 Å². The third kappa shape index (κ3) is 6.25. The van der Waals surface area contributed by atoms with Crippen LogP contribution in [0.3, 0.4) is 0 Å². The minimum Gasteiger partial charge on any atom is -0.497 e. The number of esters is 1. The number of anilines is 1. The number of methoxy groups -OCH3 is 2. The largest absolute Gasteiger partial charge is 0.497 e. The molecule has 0 aliphatic carbocycles. The van der Waals surface area contributed by atoms with Crippen LogP contribution in [0.5, 0.6) is 17.2 Å². The summed E-state index contributed by atoms with van der Waals surface area (Å²) in [7, 11) is 2.96. The van der Waals surface area contributed by atoms with E-state index in [9.17, 15) is 14.9 Å². The smallest absolute Gasteiger partial charge is 0.343 e. The quantitative estimate of drug-likeness (QED) is 0.158. The summed E-state index contributed by atoms with van der Waals surface area (Å²) in [4.78, 5) is 25.1. The molecule has 0 radical (unpaired) electrons. The van der Waals surface area contributed by atoms with Crippen molar-refractivity contribution in [3.05, 3.63) is 86.3 Å². The van der Waals surface area contributed by atoms with Crippen molar-refractivity contribution in [2.24, 2.45) is 0 Å². The molecule has 0 heterocycles. The minimum absolute atomic E-state index is 0.111. The molecule has 172 valence electrons. The molecule has 0 saturated heterocycles. The fraction of sp³-hybridized carbons (Fsp3) is 0.0800. The third-order valence-corrected chi connectivity index (χ3v) is 5.67. The van der Waals surface area contributed by atoms with Crippen molar-refractivity contribution in [3.8, 4) is 23.3 Å². The van der Waals surface area contributed by atoms with Gasteiger partial charge in [-0.3, -0.25) is 4.79 Å². The van der Waals surface area contributed by atoms with Gasteiger partial charge in [0.15, 0.2) is 11.5 Å². The molecule has 0 aliphatic heterocycles. The molecule has 0 bridgehead atoms. The summed E-state index contributed by atoms with van der Waals surface area (Å²) < 4.78 is 17.3. The van der Waals surface area contributed by atoms with Gasteiger partial charge in [-0.1, -0.05) is 15.9 Å². The summed E-state index contributed by atoms with van der Waals surface area (Å²) in [5, 5.41) is 12.2. The van der Waals surface area contributed by atoms with Crippen LogP contribution in [0.25, 0.3) is 6.08 Å². The number of carbonyl (C=O) groups is 2. The van der Waals surface area contributed by atoms with Gasteiger partial charge in [-0.2, -0.15) is 5.26 Å². The second-order valence-corrected chi connectivity index (χ2v) is 8.55. The molecular formula is C25H18Br2N2O5. The Morgan fingerprint density at radius 2 is 1.65 bits per heavy atom. The first kappa shape index (κ1) is 25.0. The molecule has 0 aliphatic rings. The number of nitriles is 1. The highest BCUT2D eigenvalue weighted by molar-refractivity contribution is 9.10. The molecule has 9 heteroatoms. The highest BCUT2D eigenvalue weighted by atomic mass is 79.9. The fourth-order valence-electron chi connectivity index (χ4n) is 2.85. The van der Waals surface area contributed by atoms with Gasteiger partial charge in [-0.25, -0.2) is 4.79 Å². The fourth-order valence-corrected chi connectivity index (χ4v) is 3.65. The SMILES string of the molecule is COc1ccc(C(=O)Oc2c(Br)cc(/C=C(\C#N)C(=O)Nc3ccc(Br)cc3)cc2OC)cc1. The minimum atomic E-state index is -0.587. The summed E-state index contributed by atoms with van der Waals surface area (Å²) in [6.07, 6.45) is 1.41. The molecule has 1 N–H and O–H groups in total. The van der Waals surface area contributed by atoms with Crippen LogP contribution in [-0.4, -0.2) is 26.1 Å². The van der Waals surface area contributed by atoms with Crippen molar-refractivity contribution < 1.29 is 23.8 Å². The summed E-state index contributed by atoms with van der Waals surface area (Å²) in [5.41, 5.74) is 1.26. The summed E-state index contributed by atoms with van der Waals surface area (Å²) in [6.45, 7) is 0. The molecule has 7 nitrogen and oxygen atoms in total. The van der Waals surface area contributed by atoms with Crippen molar-refractivity contribution >= 4 is 55.5 Å². The Hall–Kier alpha value is -3.61. The van der Waals surface area contributed by atoms with E-state index in [1.165, 1.54) is 20.3 Å². The second kappa shape index (κ2) is 11.5. The molecule has 0 saturated carbocycles. The molecule has 34 heavy (non-hydrogen) atoms. The maximum Gasteiger partial charge on any atom is 0.343 e. The zero-order valence-electron chi connectivity index (χ0n) is 18.1. The Labute approximate surface area is 213 Å². The third-order valence-electron chi connectivity index (χ3n) is 4.55. The lowest BCUT2D eigenvalue weighted by atomic mass is 10.1. The number of halogens is 2. The highest BCUT2D eigenvalue weighted by Crippen LogP contribution is 2.38. The van der Waals surface area contributed by atoms with E-state index in [1.54, 1.807) is 60.7 Å². The summed E-state index contributed by atoms with van der Waals surface area (Å²) >= 11 is 6.71. The average molecular weight is 586 g/mol. The van der Waals surface area contributed by atoms with Crippen molar-refractivity contribution in [2.75, 3.05) is 19.5 Å². The molecule has 3 rings (SSSR count). The molecule has 0 atom stereocenters. The number of hydrogen-bond donors (Lipinski definition) is 1. The van der Waals surface area contributed by atoms with Gasteiger partial charge < -0.3 is 19.5 Å². The van der Waals surface area contributed by atoms with Crippen LogP contribution >= 0.6 is 31.9 Å². The van der Waals surface area contributed by atoms with Crippen LogP contribution in [0.15, 0.2) is 75.2 Å². The molecule has 1 amide bonds. The van der Waals surface area contributed by atoms with E-state index in [0.29, 0.717) is 27.0 Å². The van der Waals surface area contributed by atoms with E-state index < -0.39 is 11.9 Å². The first-order valence-electron chi connectivity index (χ1n) is 9.77. The van der Waals surface area contributed by atoms with E-state index in [0.717, 1.165) is 4.47 Å². The maximum absolute atomic E-state index is 12.6. The van der Waals surface area contributed by atoms with Gasteiger partial charge in [0, 0.05) is 10.2 Å². The Balaban J connectivity index is 1.83. The number of benzene rings is 3. The van der Waals surface area contributed by atoms with Crippen LogP contribution < -0.4 is 19.5 Å². The Morgan fingerprint density at radius 3 is 2.24 bits per heavy atom. The van der Waals surface area contributed by atoms with Crippen LogP contribution in [0, 0.1) is 11.3 Å². The van der Waals surface area contributed by atoms with Gasteiger partial charge in [-0.15, -0.1) is 0 Å². The van der Waals surface area contributed by atoms with Gasteiger partial charge in [0.25, 0.3) is 5.91 Å². The Morgan fingerprint density at radius 1 is 0.971 bits per heavy atom. The summed E-state index contributed by atoms with van der Waals surface area (Å²) in [6, 6.07) is 18.5. The van der Waals surface area contributed by atoms with Crippen molar-refractivity contribution in [2.45, 2.75) is 0 Å². The first-order valence-corrected chi connectivity index (χ1v) is 11.4. The number of amides is 1. The van der Waals surface area contributed by atoms with Gasteiger partial charge in [0.2, 0.25) is 0 Å². The molecule has 0 fully saturated rings. The number of rotatable bonds is 7. The van der Waals surface area contributed by atoms with Crippen LogP contribution in [-0.2, 0) is 4.79 Å². The summed E-state index contributed by atoms with van der Waals surface area (Å²) in [5.74, 6) is -0.123. The number of ether oxygens (including phenoxy) is 3. The molecule has 3 aromatic carbocycles. The first-order chi connectivity index (χ1) is 16.3. The number of nitrogens with one attached hydrogen (secondary N) is 1. The van der Waals surface area contributed by atoms with E-state index in [1.807, 2.05) is 6.07 Å². The predicted octanol–water partition coefficient (Wildman–Crippen LogP) is 5.99. The monoisotopic (exact) mass is 584 g/mol.